The Labute approximate surface area is 150 Å². The van der Waals surface area contributed by atoms with Crippen molar-refractivity contribution < 1.29 is 29.0 Å². The average Bonchev–Trinajstić information content (AvgIpc) is 2.73. The largest absolute Gasteiger partial charge is 0.480 e. The third kappa shape index (κ3) is 5.54. The molecular weight excluding hydrogens is 346 g/mol. The van der Waals surface area contributed by atoms with Gasteiger partial charge in [0.05, 0.1) is 12.2 Å². The van der Waals surface area contributed by atoms with Gasteiger partial charge in [-0.1, -0.05) is 13.3 Å². The molecule has 1 heterocycles. The second-order valence-electron chi connectivity index (χ2n) is 5.84. The van der Waals surface area contributed by atoms with Crippen molar-refractivity contribution >= 4 is 34.2 Å². The molecule has 0 aromatic carbocycles. The van der Waals surface area contributed by atoms with Crippen LogP contribution in [0.1, 0.15) is 53.4 Å². The highest BCUT2D eigenvalue weighted by atomic mass is 32.1. The van der Waals surface area contributed by atoms with E-state index >= 15 is 0 Å². The van der Waals surface area contributed by atoms with Crippen LogP contribution < -0.4 is 5.32 Å². The predicted molar refractivity (Wildman–Crippen MR) is 93.2 cm³/mol. The minimum absolute atomic E-state index is 0.332. The van der Waals surface area contributed by atoms with Gasteiger partial charge < -0.3 is 19.9 Å². The van der Waals surface area contributed by atoms with Crippen molar-refractivity contribution in [3.05, 3.63) is 16.0 Å². The molecule has 0 saturated carbocycles. The van der Waals surface area contributed by atoms with Gasteiger partial charge in [-0.05, 0) is 37.7 Å². The Hall–Kier alpha value is -1.93. The Kier molecular flexibility index (Phi) is 7.39. The number of esters is 1. The van der Waals surface area contributed by atoms with E-state index in [1.165, 1.54) is 11.3 Å². The van der Waals surface area contributed by atoms with E-state index in [0.29, 0.717) is 17.2 Å². The topological polar surface area (TPSA) is 102 Å². The number of amides is 1. The lowest BCUT2D eigenvalue weighted by molar-refractivity contribution is -0.143. The predicted octanol–water partition coefficient (Wildman–Crippen LogP) is 2.62. The molecule has 1 aliphatic carbocycles. The van der Waals surface area contributed by atoms with Gasteiger partial charge in [-0.3, -0.25) is 4.79 Å². The number of carbonyl (C=O) groups is 3. The van der Waals surface area contributed by atoms with Crippen LogP contribution in [-0.4, -0.2) is 42.8 Å². The molecule has 0 atom stereocenters. The molecule has 0 spiro atoms. The van der Waals surface area contributed by atoms with Gasteiger partial charge in [-0.2, -0.15) is 0 Å². The first-order chi connectivity index (χ1) is 12.0. The standard InChI is InChI=1S/C17H23NO6S/c1-2-8-24-17(22)15-11-6-4-3-5-7-12(11)25-16(15)18-13(19)9-23-10-14(20)21/h2-10H2,1H3,(H,18,19)(H,20,21). The van der Waals surface area contributed by atoms with Crippen molar-refractivity contribution in [3.63, 3.8) is 0 Å². The maximum absolute atomic E-state index is 12.5. The fourth-order valence-electron chi connectivity index (χ4n) is 2.71. The molecule has 2 rings (SSSR count). The van der Waals surface area contributed by atoms with Crippen LogP contribution in [0.5, 0.6) is 0 Å². The van der Waals surface area contributed by atoms with E-state index in [2.05, 4.69) is 5.32 Å². The number of rotatable bonds is 8. The average molecular weight is 369 g/mol. The molecular formula is C17H23NO6S. The van der Waals surface area contributed by atoms with E-state index in [1.807, 2.05) is 6.92 Å². The summed E-state index contributed by atoms with van der Waals surface area (Å²) in [5.41, 5.74) is 1.42. The number of anilines is 1. The summed E-state index contributed by atoms with van der Waals surface area (Å²) in [7, 11) is 0. The van der Waals surface area contributed by atoms with E-state index < -0.39 is 24.5 Å². The van der Waals surface area contributed by atoms with Gasteiger partial charge in [-0.15, -0.1) is 11.3 Å². The molecule has 0 fully saturated rings. The summed E-state index contributed by atoms with van der Waals surface area (Å²) >= 11 is 1.40. The van der Waals surface area contributed by atoms with Crippen LogP contribution in [-0.2, 0) is 31.9 Å². The summed E-state index contributed by atoms with van der Waals surface area (Å²) in [5, 5.41) is 11.7. The Morgan fingerprint density at radius 2 is 1.92 bits per heavy atom. The number of aliphatic carboxylic acids is 1. The van der Waals surface area contributed by atoms with E-state index in [4.69, 9.17) is 14.6 Å². The van der Waals surface area contributed by atoms with Crippen molar-refractivity contribution in [1.29, 1.82) is 0 Å². The highest BCUT2D eigenvalue weighted by Crippen LogP contribution is 2.38. The molecule has 0 bridgehead atoms. The Morgan fingerprint density at radius 3 is 2.64 bits per heavy atom. The monoisotopic (exact) mass is 369 g/mol. The van der Waals surface area contributed by atoms with E-state index in [0.717, 1.165) is 49.0 Å². The zero-order valence-corrected chi connectivity index (χ0v) is 15.1. The Morgan fingerprint density at radius 1 is 1.16 bits per heavy atom. The van der Waals surface area contributed by atoms with Crippen molar-refractivity contribution in [2.45, 2.75) is 45.4 Å². The van der Waals surface area contributed by atoms with Crippen LogP contribution in [0.15, 0.2) is 0 Å². The quantitative estimate of drug-likeness (QED) is 0.539. The number of hydrogen-bond donors (Lipinski definition) is 2. The summed E-state index contributed by atoms with van der Waals surface area (Å²) in [6.07, 6.45) is 5.60. The van der Waals surface area contributed by atoms with E-state index in [1.54, 1.807) is 0 Å². The molecule has 1 aliphatic rings. The lowest BCUT2D eigenvalue weighted by Gasteiger charge is -2.09. The molecule has 138 valence electrons. The number of nitrogens with one attached hydrogen (secondary N) is 1. The number of hydrogen-bond acceptors (Lipinski definition) is 6. The number of carboxylic acid groups (broad SMARTS) is 1. The SMILES string of the molecule is CCCOC(=O)c1c(NC(=O)COCC(=O)O)sc2c1CCCCC2. The first-order valence-electron chi connectivity index (χ1n) is 8.44. The number of carbonyl (C=O) groups excluding carboxylic acids is 2. The van der Waals surface area contributed by atoms with Gasteiger partial charge in [0.25, 0.3) is 5.91 Å². The first kappa shape index (κ1) is 19.4. The molecule has 1 amide bonds. The number of fused-ring (bicyclic) bond motifs is 1. The second-order valence-corrected chi connectivity index (χ2v) is 6.94. The zero-order chi connectivity index (χ0) is 18.2. The highest BCUT2D eigenvalue weighted by Gasteiger charge is 2.26. The normalized spacial score (nSPS) is 13.6. The molecule has 0 saturated heterocycles. The molecule has 7 nitrogen and oxygen atoms in total. The number of carboxylic acids is 1. The summed E-state index contributed by atoms with van der Waals surface area (Å²) < 4.78 is 10.1. The van der Waals surface area contributed by atoms with Gasteiger partial charge >= 0.3 is 11.9 Å². The van der Waals surface area contributed by atoms with E-state index in [-0.39, 0.29) is 6.61 Å². The highest BCUT2D eigenvalue weighted by molar-refractivity contribution is 7.17. The summed E-state index contributed by atoms with van der Waals surface area (Å²) in [6.45, 7) is 1.33. The lowest BCUT2D eigenvalue weighted by atomic mass is 10.1. The molecule has 8 heteroatoms. The number of thiophene rings is 1. The smallest absolute Gasteiger partial charge is 0.341 e. The maximum Gasteiger partial charge on any atom is 0.341 e. The lowest BCUT2D eigenvalue weighted by Crippen LogP contribution is -2.21. The van der Waals surface area contributed by atoms with Crippen LogP contribution >= 0.6 is 11.3 Å². The van der Waals surface area contributed by atoms with Gasteiger partial charge in [0.15, 0.2) is 0 Å². The summed E-state index contributed by atoms with van der Waals surface area (Å²) in [5.74, 6) is -2.04. The van der Waals surface area contributed by atoms with Crippen molar-refractivity contribution in [3.8, 4) is 0 Å². The summed E-state index contributed by atoms with van der Waals surface area (Å²) in [6, 6.07) is 0. The van der Waals surface area contributed by atoms with Gasteiger partial charge in [0, 0.05) is 4.88 Å². The zero-order valence-electron chi connectivity index (χ0n) is 14.3. The van der Waals surface area contributed by atoms with Crippen LogP contribution in [0, 0.1) is 0 Å². The Bertz CT molecular complexity index is 639. The van der Waals surface area contributed by atoms with Crippen LogP contribution in [0.4, 0.5) is 5.00 Å². The van der Waals surface area contributed by atoms with Crippen molar-refractivity contribution in [2.24, 2.45) is 0 Å². The third-order valence-electron chi connectivity index (χ3n) is 3.77. The third-order valence-corrected chi connectivity index (χ3v) is 4.98. The van der Waals surface area contributed by atoms with Crippen molar-refractivity contribution in [1.82, 2.24) is 0 Å². The van der Waals surface area contributed by atoms with Gasteiger partial charge in [0.1, 0.15) is 18.2 Å². The Balaban J connectivity index is 2.16. The molecule has 0 radical (unpaired) electrons. The maximum atomic E-state index is 12.5. The minimum Gasteiger partial charge on any atom is -0.480 e. The van der Waals surface area contributed by atoms with Gasteiger partial charge in [0.2, 0.25) is 0 Å². The second kappa shape index (κ2) is 9.53. The first-order valence-corrected chi connectivity index (χ1v) is 9.25. The molecule has 25 heavy (non-hydrogen) atoms. The molecule has 0 unspecified atom stereocenters. The fraction of sp³-hybridized carbons (Fsp3) is 0.588. The molecule has 1 aromatic heterocycles. The van der Waals surface area contributed by atoms with Crippen LogP contribution in [0.2, 0.25) is 0 Å². The van der Waals surface area contributed by atoms with Crippen molar-refractivity contribution in [2.75, 3.05) is 25.1 Å². The molecule has 0 aliphatic heterocycles. The number of aryl methyl sites for hydroxylation is 1. The molecule has 2 N–H and O–H groups in total. The fourth-order valence-corrected chi connectivity index (χ4v) is 4.00. The summed E-state index contributed by atoms with van der Waals surface area (Å²) in [4.78, 5) is 36.0. The van der Waals surface area contributed by atoms with E-state index in [9.17, 15) is 14.4 Å². The van der Waals surface area contributed by atoms with Crippen LogP contribution in [0.25, 0.3) is 0 Å². The minimum atomic E-state index is -1.14. The van der Waals surface area contributed by atoms with Gasteiger partial charge in [-0.25, -0.2) is 9.59 Å². The van der Waals surface area contributed by atoms with Crippen LogP contribution in [0.3, 0.4) is 0 Å². The number of ether oxygens (including phenoxy) is 2. The molecule has 1 aromatic rings.